The minimum Gasteiger partial charge on any atom is -0.496 e. The smallest absolute Gasteiger partial charge is 0.257 e. The van der Waals surface area contributed by atoms with Gasteiger partial charge in [-0.05, 0) is 31.0 Å². The number of hydrogen-bond acceptors (Lipinski definition) is 7. The van der Waals surface area contributed by atoms with Crippen molar-refractivity contribution in [1.82, 2.24) is 9.80 Å². The predicted octanol–water partition coefficient (Wildman–Crippen LogP) is 3.29. The third kappa shape index (κ3) is 7.44. The first-order chi connectivity index (χ1) is 17.8. The Morgan fingerprint density at radius 3 is 2.57 bits per heavy atom. The molecule has 0 radical (unpaired) electrons. The summed E-state index contributed by atoms with van der Waals surface area (Å²) in [6.45, 7) is 6.37. The largest absolute Gasteiger partial charge is 0.496 e. The number of methoxy groups -OCH3 is 3. The molecule has 1 aliphatic rings. The Morgan fingerprint density at radius 2 is 1.86 bits per heavy atom. The van der Waals surface area contributed by atoms with Gasteiger partial charge in [-0.2, -0.15) is 0 Å². The Bertz CT molecular complexity index is 1060. The summed E-state index contributed by atoms with van der Waals surface area (Å²) in [6, 6.07) is 13.1. The van der Waals surface area contributed by atoms with Gasteiger partial charge in [0.05, 0.1) is 18.8 Å². The average Bonchev–Trinajstić information content (AvgIpc) is 2.89. The molecule has 0 bridgehead atoms. The van der Waals surface area contributed by atoms with Gasteiger partial charge in [0.15, 0.2) is 0 Å². The molecule has 2 aromatic carbocycles. The number of amides is 2. The summed E-state index contributed by atoms with van der Waals surface area (Å²) in [5.41, 5.74) is 2.05. The van der Waals surface area contributed by atoms with E-state index in [1.807, 2.05) is 18.2 Å². The molecular weight excluding hydrogens is 474 g/mol. The minimum atomic E-state index is -0.285. The van der Waals surface area contributed by atoms with Crippen molar-refractivity contribution >= 4 is 17.5 Å². The third-order valence-corrected chi connectivity index (χ3v) is 6.70. The molecule has 0 aliphatic carbocycles. The van der Waals surface area contributed by atoms with E-state index in [0.717, 1.165) is 17.9 Å². The fraction of sp³-hybridized carbons (Fsp3) is 0.500. The normalized spacial score (nSPS) is 21.3. The predicted molar refractivity (Wildman–Crippen MR) is 142 cm³/mol. The molecule has 9 heteroatoms. The number of fused-ring (bicyclic) bond motifs is 1. The summed E-state index contributed by atoms with van der Waals surface area (Å²) in [5.74, 6) is 0.948. The van der Waals surface area contributed by atoms with Gasteiger partial charge in [-0.1, -0.05) is 25.1 Å². The van der Waals surface area contributed by atoms with Gasteiger partial charge in [-0.15, -0.1) is 0 Å². The Balaban J connectivity index is 1.95. The van der Waals surface area contributed by atoms with Gasteiger partial charge in [0.2, 0.25) is 5.91 Å². The number of likely N-dealkylation sites (N-methyl/N-ethyl adjacent to an activating group) is 1. The lowest BCUT2D eigenvalue weighted by Crippen LogP contribution is -2.46. The van der Waals surface area contributed by atoms with Gasteiger partial charge >= 0.3 is 0 Å². The van der Waals surface area contributed by atoms with Crippen LogP contribution in [0.4, 0.5) is 5.69 Å². The standard InChI is InChI=1S/C28H39N3O6/c1-19-14-31(15-21-9-7-8-10-24(21)35-5)20(2)17-37-25-13-22(29-27(32)18-34-4)11-12-23(25)28(33)30(3)16-26(19)36-6/h7-13,19-20,26H,14-18H2,1-6H3,(H,29,32)/t19-,20+,26+/m1/s1. The van der Waals surface area contributed by atoms with Crippen molar-refractivity contribution in [1.29, 1.82) is 0 Å². The highest BCUT2D eigenvalue weighted by atomic mass is 16.5. The second kappa shape index (κ2) is 13.4. The summed E-state index contributed by atoms with van der Waals surface area (Å²) in [6.07, 6.45) is -0.155. The summed E-state index contributed by atoms with van der Waals surface area (Å²) in [5, 5.41) is 2.78. The lowest BCUT2D eigenvalue weighted by Gasteiger charge is -2.36. The molecular formula is C28H39N3O6. The monoisotopic (exact) mass is 513 g/mol. The van der Waals surface area contributed by atoms with Crippen molar-refractivity contribution in [3.63, 3.8) is 0 Å². The van der Waals surface area contributed by atoms with Crippen LogP contribution in [0.3, 0.4) is 0 Å². The van der Waals surface area contributed by atoms with Crippen molar-refractivity contribution in [3.05, 3.63) is 53.6 Å². The summed E-state index contributed by atoms with van der Waals surface area (Å²) in [7, 11) is 6.59. The number of carbonyl (C=O) groups is 2. The van der Waals surface area contributed by atoms with E-state index in [1.54, 1.807) is 44.4 Å². The van der Waals surface area contributed by atoms with Crippen LogP contribution in [-0.2, 0) is 20.8 Å². The summed E-state index contributed by atoms with van der Waals surface area (Å²) in [4.78, 5) is 29.4. The molecule has 37 heavy (non-hydrogen) atoms. The number of anilines is 1. The highest BCUT2D eigenvalue weighted by molar-refractivity contribution is 5.98. The number of para-hydroxylation sites is 1. The van der Waals surface area contributed by atoms with E-state index in [1.165, 1.54) is 7.11 Å². The first-order valence-corrected chi connectivity index (χ1v) is 12.5. The quantitative estimate of drug-likeness (QED) is 0.608. The lowest BCUT2D eigenvalue weighted by molar-refractivity contribution is -0.119. The van der Waals surface area contributed by atoms with Gasteiger partial charge in [0.25, 0.3) is 5.91 Å². The van der Waals surface area contributed by atoms with E-state index < -0.39 is 0 Å². The highest BCUT2D eigenvalue weighted by Crippen LogP contribution is 2.28. The average molecular weight is 514 g/mol. The Labute approximate surface area is 219 Å². The fourth-order valence-electron chi connectivity index (χ4n) is 4.53. The number of carbonyl (C=O) groups excluding carboxylic acids is 2. The van der Waals surface area contributed by atoms with Crippen LogP contribution < -0.4 is 14.8 Å². The van der Waals surface area contributed by atoms with Gasteiger partial charge < -0.3 is 29.2 Å². The van der Waals surface area contributed by atoms with Gasteiger partial charge in [-0.3, -0.25) is 14.5 Å². The van der Waals surface area contributed by atoms with Crippen LogP contribution in [0, 0.1) is 5.92 Å². The number of nitrogens with zero attached hydrogens (tertiary/aromatic N) is 2. The molecule has 0 spiro atoms. The summed E-state index contributed by atoms with van der Waals surface area (Å²) < 4.78 is 22.6. The number of benzene rings is 2. The van der Waals surface area contributed by atoms with Gasteiger partial charge in [-0.25, -0.2) is 0 Å². The zero-order valence-corrected chi connectivity index (χ0v) is 22.7. The van der Waals surface area contributed by atoms with Crippen LogP contribution >= 0.6 is 0 Å². The molecule has 2 aromatic rings. The molecule has 3 atom stereocenters. The number of hydrogen-bond donors (Lipinski definition) is 1. The molecule has 202 valence electrons. The molecule has 0 saturated carbocycles. The Hall–Kier alpha value is -3.14. The molecule has 0 aromatic heterocycles. The first-order valence-electron chi connectivity index (χ1n) is 12.5. The Kier molecular flexibility index (Phi) is 10.3. The van der Waals surface area contributed by atoms with E-state index in [4.69, 9.17) is 18.9 Å². The fourth-order valence-corrected chi connectivity index (χ4v) is 4.53. The second-order valence-electron chi connectivity index (χ2n) is 9.53. The maximum absolute atomic E-state index is 13.4. The molecule has 1 heterocycles. The molecule has 1 N–H and O–H groups in total. The Morgan fingerprint density at radius 1 is 1.11 bits per heavy atom. The topological polar surface area (TPSA) is 89.6 Å². The minimum absolute atomic E-state index is 0.0108. The molecule has 9 nitrogen and oxygen atoms in total. The van der Waals surface area contributed by atoms with Gasteiger partial charge in [0, 0.05) is 64.3 Å². The number of rotatable bonds is 7. The van der Waals surface area contributed by atoms with Gasteiger partial charge in [0.1, 0.15) is 24.7 Å². The molecule has 2 amide bonds. The van der Waals surface area contributed by atoms with E-state index in [0.29, 0.717) is 36.7 Å². The first kappa shape index (κ1) is 28.4. The van der Waals surface area contributed by atoms with Crippen LogP contribution in [0.25, 0.3) is 0 Å². The lowest BCUT2D eigenvalue weighted by atomic mass is 10.0. The highest BCUT2D eigenvalue weighted by Gasteiger charge is 2.29. The molecule has 1 aliphatic heterocycles. The molecule has 0 saturated heterocycles. The van der Waals surface area contributed by atoms with Crippen molar-refractivity contribution in [2.24, 2.45) is 5.92 Å². The van der Waals surface area contributed by atoms with E-state index >= 15 is 0 Å². The SMILES string of the molecule is COCC(=O)Nc1ccc2c(c1)OC[C@H](C)N(Cc1ccccc1OC)C[C@@H](C)[C@@H](OC)CN(C)C2=O. The molecule has 3 rings (SSSR count). The number of ether oxygens (including phenoxy) is 4. The van der Waals surface area contributed by atoms with E-state index in [9.17, 15) is 9.59 Å². The van der Waals surface area contributed by atoms with Crippen LogP contribution in [0.1, 0.15) is 29.8 Å². The zero-order valence-electron chi connectivity index (χ0n) is 22.7. The van der Waals surface area contributed by atoms with Crippen LogP contribution in [-0.4, -0.2) is 88.4 Å². The van der Waals surface area contributed by atoms with Crippen LogP contribution in [0.15, 0.2) is 42.5 Å². The van der Waals surface area contributed by atoms with Crippen molar-refractivity contribution < 1.29 is 28.5 Å². The van der Waals surface area contributed by atoms with E-state index in [-0.39, 0.29) is 36.5 Å². The van der Waals surface area contributed by atoms with E-state index in [2.05, 4.69) is 30.1 Å². The molecule has 0 unspecified atom stereocenters. The van der Waals surface area contributed by atoms with Crippen molar-refractivity contribution in [2.75, 3.05) is 60.0 Å². The molecule has 0 fully saturated rings. The maximum Gasteiger partial charge on any atom is 0.257 e. The third-order valence-electron chi connectivity index (χ3n) is 6.70. The summed E-state index contributed by atoms with van der Waals surface area (Å²) >= 11 is 0. The second-order valence-corrected chi connectivity index (χ2v) is 9.53. The zero-order chi connectivity index (χ0) is 26.9. The maximum atomic E-state index is 13.4. The van der Waals surface area contributed by atoms with Crippen molar-refractivity contribution in [2.45, 2.75) is 32.5 Å². The van der Waals surface area contributed by atoms with Crippen molar-refractivity contribution in [3.8, 4) is 11.5 Å². The van der Waals surface area contributed by atoms with Crippen LogP contribution in [0.2, 0.25) is 0 Å². The van der Waals surface area contributed by atoms with Crippen LogP contribution in [0.5, 0.6) is 11.5 Å². The number of nitrogens with one attached hydrogen (secondary N) is 1.